The van der Waals surface area contributed by atoms with Crippen LogP contribution < -0.4 is 10.1 Å². The molecule has 150 valence electrons. The van der Waals surface area contributed by atoms with E-state index in [1.807, 2.05) is 24.3 Å². The second kappa shape index (κ2) is 8.32. The molecule has 0 radical (unpaired) electrons. The van der Waals surface area contributed by atoms with Crippen LogP contribution in [0.5, 0.6) is 5.75 Å². The molecule has 28 heavy (non-hydrogen) atoms. The molecule has 1 fully saturated rings. The lowest BCUT2D eigenvalue weighted by molar-refractivity contribution is 0.102. The number of rotatable bonds is 6. The molecule has 0 bridgehead atoms. The van der Waals surface area contributed by atoms with Crippen molar-refractivity contribution >= 4 is 21.6 Å². The number of methoxy groups -OCH3 is 1. The van der Waals surface area contributed by atoms with Gasteiger partial charge >= 0.3 is 0 Å². The lowest BCUT2D eigenvalue weighted by Crippen LogP contribution is -2.28. The average molecular weight is 403 g/mol. The standard InChI is InChI=1S/C21H26N2O4S/c1-15(2)16-7-6-8-18(13-16)22-21(24)17-9-10-19(27-3)20(14-17)28(25,26)23-11-4-5-12-23/h6-10,13-15H,4-5,11-12H2,1-3H3,(H,22,24). The summed E-state index contributed by atoms with van der Waals surface area (Å²) in [7, 11) is -2.27. The fourth-order valence-corrected chi connectivity index (χ4v) is 4.96. The summed E-state index contributed by atoms with van der Waals surface area (Å²) in [4.78, 5) is 12.8. The molecule has 0 saturated carbocycles. The van der Waals surface area contributed by atoms with Crippen molar-refractivity contribution in [1.29, 1.82) is 0 Å². The minimum absolute atomic E-state index is 0.0282. The van der Waals surface area contributed by atoms with E-state index in [-0.39, 0.29) is 22.1 Å². The minimum Gasteiger partial charge on any atom is -0.495 e. The Hall–Kier alpha value is -2.38. The molecule has 1 saturated heterocycles. The molecule has 1 aliphatic rings. The summed E-state index contributed by atoms with van der Waals surface area (Å²) in [6, 6.07) is 12.1. The van der Waals surface area contributed by atoms with Crippen LogP contribution in [0.1, 0.15) is 48.5 Å². The van der Waals surface area contributed by atoms with Crippen molar-refractivity contribution in [2.75, 3.05) is 25.5 Å². The summed E-state index contributed by atoms with van der Waals surface area (Å²) in [5.74, 6) is 0.224. The second-order valence-corrected chi connectivity index (χ2v) is 9.12. The number of nitrogens with zero attached hydrogens (tertiary/aromatic N) is 1. The largest absolute Gasteiger partial charge is 0.495 e. The molecule has 7 heteroatoms. The molecule has 2 aromatic rings. The maximum Gasteiger partial charge on any atom is 0.255 e. The molecule has 0 aromatic heterocycles. The third-order valence-corrected chi connectivity index (χ3v) is 6.84. The number of carbonyl (C=O) groups excluding carboxylic acids is 1. The van der Waals surface area contributed by atoms with Gasteiger partial charge in [0.1, 0.15) is 10.6 Å². The Morgan fingerprint density at radius 1 is 1.11 bits per heavy atom. The molecule has 1 amide bonds. The number of nitrogens with one attached hydrogen (secondary N) is 1. The van der Waals surface area contributed by atoms with E-state index in [0.29, 0.717) is 24.7 Å². The van der Waals surface area contributed by atoms with Gasteiger partial charge in [0.05, 0.1) is 7.11 Å². The minimum atomic E-state index is -3.70. The first-order valence-electron chi connectivity index (χ1n) is 9.42. The molecule has 6 nitrogen and oxygen atoms in total. The molecule has 3 rings (SSSR count). The monoisotopic (exact) mass is 402 g/mol. The van der Waals surface area contributed by atoms with Crippen LogP contribution in [0, 0.1) is 0 Å². The van der Waals surface area contributed by atoms with Crippen LogP contribution in [0.15, 0.2) is 47.4 Å². The Kier molecular flexibility index (Phi) is 6.05. The van der Waals surface area contributed by atoms with Crippen molar-refractivity contribution in [3.8, 4) is 5.75 Å². The highest BCUT2D eigenvalue weighted by Crippen LogP contribution is 2.30. The highest BCUT2D eigenvalue weighted by atomic mass is 32.2. The summed E-state index contributed by atoms with van der Waals surface area (Å²) < 4.78 is 32.7. The number of hydrogen-bond acceptors (Lipinski definition) is 4. The van der Waals surface area contributed by atoms with Crippen molar-refractivity contribution in [3.05, 3.63) is 53.6 Å². The van der Waals surface area contributed by atoms with Crippen molar-refractivity contribution in [3.63, 3.8) is 0 Å². The van der Waals surface area contributed by atoms with Crippen molar-refractivity contribution in [2.45, 2.75) is 37.5 Å². The van der Waals surface area contributed by atoms with E-state index in [0.717, 1.165) is 18.4 Å². The highest BCUT2D eigenvalue weighted by Gasteiger charge is 2.30. The predicted molar refractivity (Wildman–Crippen MR) is 109 cm³/mol. The smallest absolute Gasteiger partial charge is 0.255 e. The molecule has 0 aliphatic carbocycles. The molecule has 0 unspecified atom stereocenters. The van der Waals surface area contributed by atoms with Crippen LogP contribution in [-0.4, -0.2) is 38.8 Å². The summed E-state index contributed by atoms with van der Waals surface area (Å²) in [5.41, 5.74) is 2.06. The Labute approximate surface area is 166 Å². The van der Waals surface area contributed by atoms with Gasteiger partial charge in [0, 0.05) is 24.3 Å². The Balaban J connectivity index is 1.90. The number of hydrogen-bond donors (Lipinski definition) is 1. The number of amides is 1. The van der Waals surface area contributed by atoms with E-state index in [1.54, 1.807) is 6.07 Å². The normalized spacial score (nSPS) is 15.0. The van der Waals surface area contributed by atoms with Crippen LogP contribution in [0.3, 0.4) is 0 Å². The SMILES string of the molecule is COc1ccc(C(=O)Nc2cccc(C(C)C)c2)cc1S(=O)(=O)N1CCCC1. The van der Waals surface area contributed by atoms with Gasteiger partial charge in [-0.25, -0.2) is 8.42 Å². The van der Waals surface area contributed by atoms with Crippen LogP contribution in [0.2, 0.25) is 0 Å². The molecular formula is C21H26N2O4S. The zero-order chi connectivity index (χ0) is 20.3. The molecule has 0 atom stereocenters. The summed E-state index contributed by atoms with van der Waals surface area (Å²) >= 11 is 0. The van der Waals surface area contributed by atoms with Crippen LogP contribution in [0.25, 0.3) is 0 Å². The maximum atomic E-state index is 13.0. The number of sulfonamides is 1. The van der Waals surface area contributed by atoms with E-state index >= 15 is 0 Å². The lowest BCUT2D eigenvalue weighted by Gasteiger charge is -2.18. The molecule has 0 spiro atoms. The van der Waals surface area contributed by atoms with Gasteiger partial charge in [-0.3, -0.25) is 4.79 Å². The topological polar surface area (TPSA) is 75.7 Å². The molecule has 1 heterocycles. The average Bonchev–Trinajstić information content (AvgIpc) is 3.23. The summed E-state index contributed by atoms with van der Waals surface area (Å²) in [5, 5.41) is 2.85. The van der Waals surface area contributed by atoms with Gasteiger partial charge < -0.3 is 10.1 Å². The number of benzene rings is 2. The maximum absolute atomic E-state index is 13.0. The number of anilines is 1. The molecule has 1 N–H and O–H groups in total. The summed E-state index contributed by atoms with van der Waals surface area (Å²) in [6.07, 6.45) is 1.68. The van der Waals surface area contributed by atoms with E-state index < -0.39 is 10.0 Å². The number of ether oxygens (including phenoxy) is 1. The zero-order valence-electron chi connectivity index (χ0n) is 16.4. The first kappa shape index (κ1) is 20.4. The quantitative estimate of drug-likeness (QED) is 0.796. The Morgan fingerprint density at radius 3 is 2.46 bits per heavy atom. The Bertz CT molecular complexity index is 964. The fourth-order valence-electron chi connectivity index (χ4n) is 3.27. The second-order valence-electron chi connectivity index (χ2n) is 7.21. The van der Waals surface area contributed by atoms with E-state index in [1.165, 1.54) is 23.5 Å². The van der Waals surface area contributed by atoms with E-state index in [4.69, 9.17) is 4.74 Å². The van der Waals surface area contributed by atoms with E-state index in [9.17, 15) is 13.2 Å². The highest BCUT2D eigenvalue weighted by molar-refractivity contribution is 7.89. The van der Waals surface area contributed by atoms with E-state index in [2.05, 4.69) is 19.2 Å². The van der Waals surface area contributed by atoms with Crippen molar-refractivity contribution in [2.24, 2.45) is 0 Å². The lowest BCUT2D eigenvalue weighted by atomic mass is 10.0. The van der Waals surface area contributed by atoms with Crippen molar-refractivity contribution < 1.29 is 17.9 Å². The molecule has 1 aliphatic heterocycles. The first-order chi connectivity index (χ1) is 13.3. The fraction of sp³-hybridized carbons (Fsp3) is 0.381. The van der Waals surface area contributed by atoms with Crippen molar-refractivity contribution in [1.82, 2.24) is 4.31 Å². The molecule has 2 aromatic carbocycles. The number of carbonyl (C=O) groups is 1. The van der Waals surface area contributed by atoms with Gasteiger partial charge in [-0.1, -0.05) is 26.0 Å². The summed E-state index contributed by atoms with van der Waals surface area (Å²) in [6.45, 7) is 5.15. The Morgan fingerprint density at radius 2 is 1.82 bits per heavy atom. The van der Waals surface area contributed by atoms with Crippen LogP contribution in [-0.2, 0) is 10.0 Å². The van der Waals surface area contributed by atoms with Gasteiger partial charge in [0.15, 0.2) is 0 Å². The van der Waals surface area contributed by atoms with Gasteiger partial charge in [-0.05, 0) is 54.7 Å². The van der Waals surface area contributed by atoms with Gasteiger partial charge in [0.25, 0.3) is 5.91 Å². The third-order valence-electron chi connectivity index (χ3n) is 4.92. The van der Waals surface area contributed by atoms with Gasteiger partial charge in [-0.15, -0.1) is 0 Å². The third kappa shape index (κ3) is 4.20. The van der Waals surface area contributed by atoms with Crippen LogP contribution >= 0.6 is 0 Å². The zero-order valence-corrected chi connectivity index (χ0v) is 17.3. The van der Waals surface area contributed by atoms with Crippen LogP contribution in [0.4, 0.5) is 5.69 Å². The predicted octanol–water partition coefficient (Wildman–Crippen LogP) is 3.86. The van der Waals surface area contributed by atoms with Gasteiger partial charge in [-0.2, -0.15) is 4.31 Å². The van der Waals surface area contributed by atoms with Gasteiger partial charge in [0.2, 0.25) is 10.0 Å². The molecular weight excluding hydrogens is 376 g/mol. The first-order valence-corrected chi connectivity index (χ1v) is 10.9.